The first-order valence-electron chi connectivity index (χ1n) is 6.42. The van der Waals surface area contributed by atoms with Crippen LogP contribution in [-0.2, 0) is 11.3 Å². The second-order valence-electron chi connectivity index (χ2n) is 4.27. The molecule has 2 N–H and O–H groups in total. The molecule has 0 aromatic heterocycles. The third-order valence-corrected chi connectivity index (χ3v) is 2.88. The Bertz CT molecular complexity index is 532. The van der Waals surface area contributed by atoms with Gasteiger partial charge in [0, 0.05) is 24.7 Å². The molecule has 0 fully saturated rings. The summed E-state index contributed by atoms with van der Waals surface area (Å²) < 4.78 is 0. The van der Waals surface area contributed by atoms with Gasteiger partial charge < -0.3 is 15.3 Å². The van der Waals surface area contributed by atoms with Gasteiger partial charge in [-0.3, -0.25) is 14.9 Å². The van der Waals surface area contributed by atoms with Crippen molar-refractivity contribution in [2.24, 2.45) is 0 Å². The molecular formula is C13H17N3O5. The molecule has 0 bridgehead atoms. The van der Waals surface area contributed by atoms with Crippen LogP contribution in [0.15, 0.2) is 24.3 Å². The van der Waals surface area contributed by atoms with Crippen LogP contribution < -0.4 is 5.32 Å². The summed E-state index contributed by atoms with van der Waals surface area (Å²) in [6, 6.07) is 5.68. The molecule has 1 rings (SSSR count). The Hall–Kier alpha value is -2.64. The minimum Gasteiger partial charge on any atom is -0.481 e. The van der Waals surface area contributed by atoms with E-state index in [0.717, 1.165) is 0 Å². The van der Waals surface area contributed by atoms with Gasteiger partial charge in [-0.25, -0.2) is 4.79 Å². The Morgan fingerprint density at radius 2 is 2.05 bits per heavy atom. The largest absolute Gasteiger partial charge is 0.481 e. The fourth-order valence-electron chi connectivity index (χ4n) is 1.75. The molecule has 114 valence electrons. The summed E-state index contributed by atoms with van der Waals surface area (Å²) in [6.45, 7) is 2.19. The number of para-hydroxylation sites is 1. The highest BCUT2D eigenvalue weighted by molar-refractivity contribution is 5.75. The van der Waals surface area contributed by atoms with Crippen LogP contribution >= 0.6 is 0 Å². The van der Waals surface area contributed by atoms with E-state index in [2.05, 4.69) is 5.32 Å². The first-order valence-corrected chi connectivity index (χ1v) is 6.42. The van der Waals surface area contributed by atoms with Crippen molar-refractivity contribution in [3.8, 4) is 0 Å². The first kappa shape index (κ1) is 16.4. The van der Waals surface area contributed by atoms with E-state index in [0.29, 0.717) is 12.1 Å². The van der Waals surface area contributed by atoms with Crippen LogP contribution in [0.4, 0.5) is 10.5 Å². The average molecular weight is 295 g/mol. The molecule has 1 aromatic carbocycles. The topological polar surface area (TPSA) is 113 Å². The molecule has 2 amide bonds. The van der Waals surface area contributed by atoms with Crippen molar-refractivity contribution in [1.29, 1.82) is 0 Å². The van der Waals surface area contributed by atoms with Crippen molar-refractivity contribution < 1.29 is 19.6 Å². The van der Waals surface area contributed by atoms with Crippen molar-refractivity contribution in [3.05, 3.63) is 39.9 Å². The number of hydrogen-bond acceptors (Lipinski definition) is 4. The number of urea groups is 1. The lowest BCUT2D eigenvalue weighted by Gasteiger charge is -2.20. The quantitative estimate of drug-likeness (QED) is 0.586. The Morgan fingerprint density at radius 1 is 1.38 bits per heavy atom. The third kappa shape index (κ3) is 5.09. The number of aliphatic carboxylic acids is 1. The zero-order valence-electron chi connectivity index (χ0n) is 11.6. The molecule has 0 saturated carbocycles. The van der Waals surface area contributed by atoms with E-state index >= 15 is 0 Å². The molecule has 1 aromatic rings. The molecular weight excluding hydrogens is 278 g/mol. The third-order valence-electron chi connectivity index (χ3n) is 2.88. The number of carbonyl (C=O) groups excluding carboxylic acids is 1. The normalized spacial score (nSPS) is 9.95. The van der Waals surface area contributed by atoms with E-state index in [-0.39, 0.29) is 25.2 Å². The number of nitro groups is 1. The number of nitro benzene ring substituents is 1. The summed E-state index contributed by atoms with van der Waals surface area (Å²) in [4.78, 5) is 34.1. The average Bonchev–Trinajstić information content (AvgIpc) is 2.45. The van der Waals surface area contributed by atoms with Crippen molar-refractivity contribution >= 4 is 17.7 Å². The smallest absolute Gasteiger partial charge is 0.317 e. The van der Waals surface area contributed by atoms with Crippen molar-refractivity contribution in [1.82, 2.24) is 10.2 Å². The molecule has 0 radical (unpaired) electrons. The second kappa shape index (κ2) is 7.83. The predicted octanol–water partition coefficient (Wildman–Crippen LogP) is 1.60. The molecule has 0 spiro atoms. The molecule has 0 saturated heterocycles. The van der Waals surface area contributed by atoms with Gasteiger partial charge >= 0.3 is 12.0 Å². The number of carboxylic acids is 1. The van der Waals surface area contributed by atoms with Crippen LogP contribution in [0.2, 0.25) is 0 Å². The van der Waals surface area contributed by atoms with Gasteiger partial charge in [-0.2, -0.15) is 0 Å². The Kier molecular flexibility index (Phi) is 6.12. The Labute approximate surface area is 121 Å². The Morgan fingerprint density at radius 3 is 2.62 bits per heavy atom. The summed E-state index contributed by atoms with van der Waals surface area (Å²) in [5, 5.41) is 22.0. The van der Waals surface area contributed by atoms with Crippen LogP contribution in [-0.4, -0.2) is 40.0 Å². The molecule has 0 unspecified atom stereocenters. The van der Waals surface area contributed by atoms with E-state index in [1.54, 1.807) is 25.1 Å². The summed E-state index contributed by atoms with van der Waals surface area (Å²) in [7, 11) is 0. The number of rotatable bonds is 7. The van der Waals surface area contributed by atoms with Gasteiger partial charge in [0.2, 0.25) is 0 Å². The fraction of sp³-hybridized carbons (Fsp3) is 0.385. The standard InChI is InChI=1S/C13H17N3O5/c1-2-15(8-7-12(17)18)13(19)14-9-10-5-3-4-6-11(10)16(20)21/h3-6H,2,7-9H2,1H3,(H,14,19)(H,17,18). The highest BCUT2D eigenvalue weighted by atomic mass is 16.6. The second-order valence-corrected chi connectivity index (χ2v) is 4.27. The highest BCUT2D eigenvalue weighted by Crippen LogP contribution is 2.17. The zero-order valence-corrected chi connectivity index (χ0v) is 11.6. The van der Waals surface area contributed by atoms with Crippen molar-refractivity contribution in [2.75, 3.05) is 13.1 Å². The molecule has 8 heteroatoms. The number of nitrogens with one attached hydrogen (secondary N) is 1. The van der Waals surface area contributed by atoms with Gasteiger partial charge in [-0.05, 0) is 6.92 Å². The van der Waals surface area contributed by atoms with Gasteiger partial charge in [0.25, 0.3) is 5.69 Å². The minimum atomic E-state index is -0.986. The maximum Gasteiger partial charge on any atom is 0.317 e. The predicted molar refractivity (Wildman–Crippen MR) is 74.8 cm³/mol. The fourth-order valence-corrected chi connectivity index (χ4v) is 1.75. The number of carboxylic acid groups (broad SMARTS) is 1. The Balaban J connectivity index is 2.63. The maximum atomic E-state index is 11.9. The monoisotopic (exact) mass is 295 g/mol. The van der Waals surface area contributed by atoms with Crippen LogP contribution in [0.3, 0.4) is 0 Å². The molecule has 0 aliphatic carbocycles. The van der Waals surface area contributed by atoms with Crippen LogP contribution in [0, 0.1) is 10.1 Å². The van der Waals surface area contributed by atoms with Crippen molar-refractivity contribution in [3.63, 3.8) is 0 Å². The lowest BCUT2D eigenvalue weighted by Crippen LogP contribution is -2.40. The van der Waals surface area contributed by atoms with E-state index in [4.69, 9.17) is 5.11 Å². The molecule has 8 nitrogen and oxygen atoms in total. The van der Waals surface area contributed by atoms with E-state index < -0.39 is 16.9 Å². The van der Waals surface area contributed by atoms with Gasteiger partial charge in [0.05, 0.1) is 17.9 Å². The summed E-state index contributed by atoms with van der Waals surface area (Å²) >= 11 is 0. The van der Waals surface area contributed by atoms with Gasteiger partial charge in [0.1, 0.15) is 0 Å². The van der Waals surface area contributed by atoms with E-state index in [1.165, 1.54) is 11.0 Å². The molecule has 21 heavy (non-hydrogen) atoms. The summed E-state index contributed by atoms with van der Waals surface area (Å²) in [5.74, 6) is -0.986. The molecule has 0 heterocycles. The molecule has 0 aliphatic rings. The SMILES string of the molecule is CCN(CCC(=O)O)C(=O)NCc1ccccc1[N+](=O)[O-]. The summed E-state index contributed by atoms with van der Waals surface area (Å²) in [6.07, 6.45) is -0.146. The van der Waals surface area contributed by atoms with Crippen LogP contribution in [0.1, 0.15) is 18.9 Å². The van der Waals surface area contributed by atoms with Gasteiger partial charge in [-0.1, -0.05) is 18.2 Å². The number of benzene rings is 1. The van der Waals surface area contributed by atoms with Crippen molar-refractivity contribution in [2.45, 2.75) is 19.9 Å². The van der Waals surface area contributed by atoms with E-state index in [1.807, 2.05) is 0 Å². The number of carbonyl (C=O) groups is 2. The van der Waals surface area contributed by atoms with Gasteiger partial charge in [-0.15, -0.1) is 0 Å². The summed E-state index contributed by atoms with van der Waals surface area (Å²) in [5.41, 5.74) is 0.330. The minimum absolute atomic E-state index is 0.0135. The number of amides is 2. The van der Waals surface area contributed by atoms with Crippen LogP contribution in [0.5, 0.6) is 0 Å². The lowest BCUT2D eigenvalue weighted by atomic mass is 10.2. The van der Waals surface area contributed by atoms with Crippen LogP contribution in [0.25, 0.3) is 0 Å². The lowest BCUT2D eigenvalue weighted by molar-refractivity contribution is -0.385. The maximum absolute atomic E-state index is 11.9. The number of hydrogen-bond donors (Lipinski definition) is 2. The zero-order chi connectivity index (χ0) is 15.8. The highest BCUT2D eigenvalue weighted by Gasteiger charge is 2.16. The number of nitrogens with zero attached hydrogens (tertiary/aromatic N) is 2. The van der Waals surface area contributed by atoms with E-state index in [9.17, 15) is 19.7 Å². The van der Waals surface area contributed by atoms with Gasteiger partial charge in [0.15, 0.2) is 0 Å². The first-order chi connectivity index (χ1) is 9.95. The molecule has 0 aliphatic heterocycles. The molecule has 0 atom stereocenters.